The van der Waals surface area contributed by atoms with Crippen molar-refractivity contribution in [1.82, 2.24) is 4.72 Å². The fourth-order valence-corrected chi connectivity index (χ4v) is 3.44. The first kappa shape index (κ1) is 18.3. The van der Waals surface area contributed by atoms with Crippen molar-refractivity contribution in [3.8, 4) is 5.75 Å². The van der Waals surface area contributed by atoms with E-state index in [-0.39, 0.29) is 11.4 Å². The number of sulfonamides is 1. The van der Waals surface area contributed by atoms with Crippen LogP contribution in [-0.4, -0.2) is 29.6 Å². The van der Waals surface area contributed by atoms with Crippen LogP contribution in [0.4, 0.5) is 5.69 Å². The minimum atomic E-state index is -3.56. The average molecular weight is 348 g/mol. The first-order valence-electron chi connectivity index (χ1n) is 7.80. The molecule has 0 aliphatic carbocycles. The highest BCUT2D eigenvalue weighted by atomic mass is 32.2. The maximum absolute atomic E-state index is 12.5. The average Bonchev–Trinajstić information content (AvgIpc) is 2.59. The lowest BCUT2D eigenvalue weighted by molar-refractivity contribution is 0.409. The molecule has 2 aromatic carbocycles. The van der Waals surface area contributed by atoms with E-state index < -0.39 is 10.0 Å². The van der Waals surface area contributed by atoms with Crippen molar-refractivity contribution in [2.45, 2.75) is 24.8 Å². The molecule has 24 heavy (non-hydrogen) atoms. The summed E-state index contributed by atoms with van der Waals surface area (Å²) in [4.78, 5) is 2.25. The van der Waals surface area contributed by atoms with Gasteiger partial charge >= 0.3 is 0 Å². The molecule has 0 atom stereocenters. The monoisotopic (exact) mass is 348 g/mol. The second kappa shape index (κ2) is 7.68. The number of hydrogen-bond acceptors (Lipinski definition) is 4. The molecule has 0 unspecified atom stereocenters. The van der Waals surface area contributed by atoms with Gasteiger partial charge in [0.25, 0.3) is 0 Å². The highest BCUT2D eigenvalue weighted by molar-refractivity contribution is 7.89. The largest absolute Gasteiger partial charge is 0.496 e. The summed E-state index contributed by atoms with van der Waals surface area (Å²) in [6, 6.07) is 12.7. The molecule has 0 saturated heterocycles. The molecule has 0 aromatic heterocycles. The predicted molar refractivity (Wildman–Crippen MR) is 97.2 cm³/mol. The summed E-state index contributed by atoms with van der Waals surface area (Å²) in [6.07, 6.45) is 0.707. The SMILES string of the molecule is CCc1cc(S(=O)(=O)NCc2ccc(N(C)C)cc2)ccc1OC. The third kappa shape index (κ3) is 4.27. The first-order chi connectivity index (χ1) is 11.4. The van der Waals surface area contributed by atoms with E-state index in [0.717, 1.165) is 16.8 Å². The smallest absolute Gasteiger partial charge is 0.240 e. The van der Waals surface area contributed by atoms with E-state index in [1.165, 1.54) is 0 Å². The number of aryl methyl sites for hydroxylation is 1. The highest BCUT2D eigenvalue weighted by Gasteiger charge is 2.15. The zero-order valence-electron chi connectivity index (χ0n) is 14.5. The van der Waals surface area contributed by atoms with Crippen LogP contribution in [0.1, 0.15) is 18.1 Å². The second-order valence-electron chi connectivity index (χ2n) is 5.71. The van der Waals surface area contributed by atoms with Crippen LogP contribution in [0.3, 0.4) is 0 Å². The lowest BCUT2D eigenvalue weighted by Gasteiger charge is -2.13. The Morgan fingerprint density at radius 3 is 2.29 bits per heavy atom. The van der Waals surface area contributed by atoms with E-state index in [9.17, 15) is 8.42 Å². The molecule has 0 aliphatic heterocycles. The summed E-state index contributed by atoms with van der Waals surface area (Å²) in [5, 5.41) is 0. The standard InChI is InChI=1S/C18H24N2O3S/c1-5-15-12-17(10-11-18(15)23-4)24(21,22)19-13-14-6-8-16(9-7-14)20(2)3/h6-12,19H,5,13H2,1-4H3. The van der Waals surface area contributed by atoms with E-state index in [4.69, 9.17) is 4.74 Å². The number of benzene rings is 2. The maximum atomic E-state index is 12.5. The molecule has 1 N–H and O–H groups in total. The van der Waals surface area contributed by atoms with Gasteiger partial charge in [-0.25, -0.2) is 13.1 Å². The van der Waals surface area contributed by atoms with Crippen molar-refractivity contribution in [3.63, 3.8) is 0 Å². The van der Waals surface area contributed by atoms with Crippen LogP contribution in [0.5, 0.6) is 5.75 Å². The van der Waals surface area contributed by atoms with Gasteiger partial charge in [-0.05, 0) is 47.9 Å². The molecule has 0 saturated carbocycles. The highest BCUT2D eigenvalue weighted by Crippen LogP contribution is 2.23. The van der Waals surface area contributed by atoms with Gasteiger partial charge in [-0.1, -0.05) is 19.1 Å². The Balaban J connectivity index is 2.13. The molecule has 0 fully saturated rings. The van der Waals surface area contributed by atoms with Gasteiger partial charge in [0.1, 0.15) is 5.75 Å². The Morgan fingerprint density at radius 1 is 1.08 bits per heavy atom. The Hall–Kier alpha value is -2.05. The minimum absolute atomic E-state index is 0.254. The summed E-state index contributed by atoms with van der Waals surface area (Å²) in [7, 11) is 1.95. The van der Waals surface area contributed by atoms with Crippen LogP contribution in [0.15, 0.2) is 47.4 Å². The maximum Gasteiger partial charge on any atom is 0.240 e. The topological polar surface area (TPSA) is 58.6 Å². The van der Waals surface area contributed by atoms with Gasteiger partial charge in [0.2, 0.25) is 10.0 Å². The third-order valence-electron chi connectivity index (χ3n) is 3.86. The van der Waals surface area contributed by atoms with Gasteiger partial charge in [-0.15, -0.1) is 0 Å². The van der Waals surface area contributed by atoms with Crippen molar-refractivity contribution in [2.75, 3.05) is 26.1 Å². The summed E-state index contributed by atoms with van der Waals surface area (Å²) in [6.45, 7) is 2.22. The molecule has 2 rings (SSSR count). The quantitative estimate of drug-likeness (QED) is 0.836. The Morgan fingerprint density at radius 2 is 1.75 bits per heavy atom. The van der Waals surface area contributed by atoms with E-state index >= 15 is 0 Å². The van der Waals surface area contributed by atoms with Gasteiger partial charge < -0.3 is 9.64 Å². The lowest BCUT2D eigenvalue weighted by atomic mass is 10.1. The van der Waals surface area contributed by atoms with E-state index in [0.29, 0.717) is 12.2 Å². The zero-order chi connectivity index (χ0) is 17.7. The molecule has 0 bridgehead atoms. The summed E-state index contributed by atoms with van der Waals surface area (Å²) >= 11 is 0. The van der Waals surface area contributed by atoms with E-state index in [1.807, 2.05) is 50.2 Å². The second-order valence-corrected chi connectivity index (χ2v) is 7.48. The van der Waals surface area contributed by atoms with Gasteiger partial charge in [0, 0.05) is 26.3 Å². The molecule has 0 amide bonds. The van der Waals surface area contributed by atoms with Crippen molar-refractivity contribution in [3.05, 3.63) is 53.6 Å². The molecule has 130 valence electrons. The summed E-state index contributed by atoms with van der Waals surface area (Å²) in [5.74, 6) is 0.704. The van der Waals surface area contributed by atoms with E-state index in [1.54, 1.807) is 25.3 Å². The van der Waals surface area contributed by atoms with Crippen LogP contribution in [0, 0.1) is 0 Å². The van der Waals surface area contributed by atoms with Crippen LogP contribution < -0.4 is 14.4 Å². The third-order valence-corrected chi connectivity index (χ3v) is 5.26. The minimum Gasteiger partial charge on any atom is -0.496 e. The van der Waals surface area contributed by atoms with Crippen molar-refractivity contribution in [1.29, 1.82) is 0 Å². The fraction of sp³-hybridized carbons (Fsp3) is 0.333. The summed E-state index contributed by atoms with van der Waals surface area (Å²) in [5.41, 5.74) is 2.86. The fourth-order valence-electron chi connectivity index (χ4n) is 2.37. The van der Waals surface area contributed by atoms with Gasteiger partial charge in [0.05, 0.1) is 12.0 Å². The van der Waals surface area contributed by atoms with Crippen molar-refractivity contribution >= 4 is 15.7 Å². The number of hydrogen-bond donors (Lipinski definition) is 1. The van der Waals surface area contributed by atoms with Crippen LogP contribution in [-0.2, 0) is 23.0 Å². The molecular weight excluding hydrogens is 324 g/mol. The number of nitrogens with zero attached hydrogens (tertiary/aromatic N) is 1. The van der Waals surface area contributed by atoms with Gasteiger partial charge in [-0.2, -0.15) is 0 Å². The Bertz CT molecular complexity index is 784. The van der Waals surface area contributed by atoms with Crippen LogP contribution in [0.2, 0.25) is 0 Å². The van der Waals surface area contributed by atoms with Gasteiger partial charge in [0.15, 0.2) is 0 Å². The molecule has 0 aliphatic rings. The predicted octanol–water partition coefficient (Wildman–Crippen LogP) is 2.80. The molecule has 0 spiro atoms. The zero-order valence-corrected chi connectivity index (χ0v) is 15.4. The number of rotatable bonds is 7. The molecule has 2 aromatic rings. The van der Waals surface area contributed by atoms with Crippen molar-refractivity contribution in [2.24, 2.45) is 0 Å². The molecule has 6 heteroatoms. The molecule has 0 heterocycles. The normalized spacial score (nSPS) is 11.3. The Labute approximate surface area is 144 Å². The number of methoxy groups -OCH3 is 1. The summed E-state index contributed by atoms with van der Waals surface area (Å²) < 4.78 is 32.9. The lowest BCUT2D eigenvalue weighted by Crippen LogP contribution is -2.23. The van der Waals surface area contributed by atoms with Crippen LogP contribution >= 0.6 is 0 Å². The first-order valence-corrected chi connectivity index (χ1v) is 9.28. The Kier molecular flexibility index (Phi) is 5.85. The van der Waals surface area contributed by atoms with Gasteiger partial charge in [-0.3, -0.25) is 0 Å². The number of anilines is 1. The van der Waals surface area contributed by atoms with E-state index in [2.05, 4.69) is 4.72 Å². The molecule has 5 nitrogen and oxygen atoms in total. The number of nitrogens with one attached hydrogen (secondary N) is 1. The number of ether oxygens (including phenoxy) is 1. The molecular formula is C18H24N2O3S. The van der Waals surface area contributed by atoms with Crippen LogP contribution in [0.25, 0.3) is 0 Å². The van der Waals surface area contributed by atoms with Crippen molar-refractivity contribution < 1.29 is 13.2 Å². The molecule has 0 radical (unpaired) electrons.